The molecule has 0 aliphatic rings. The maximum atomic E-state index is 10.3. The lowest BCUT2D eigenvalue weighted by Gasteiger charge is -1.91. The molecule has 0 spiro atoms. The van der Waals surface area contributed by atoms with Gasteiger partial charge < -0.3 is 5.73 Å². The third-order valence-electron chi connectivity index (χ3n) is 1.75. The molecule has 0 aromatic heterocycles. The van der Waals surface area contributed by atoms with Crippen molar-refractivity contribution >= 4 is 16.4 Å². The van der Waals surface area contributed by atoms with Gasteiger partial charge in [-0.1, -0.05) is 42.5 Å². The molecular formula is C12H13NO2S. The standard InChI is InChI=1S/C6H7NO2S.C6H6/c7-5-2-1-3-6(4-5)10(8)9;1-2-4-6-5-3-1/h1-4,10H,7H2;1-6H. The Morgan fingerprint density at radius 1 is 0.812 bits per heavy atom. The molecule has 0 aliphatic carbocycles. The first-order chi connectivity index (χ1) is 7.70. The summed E-state index contributed by atoms with van der Waals surface area (Å²) in [6.07, 6.45) is 0. The highest BCUT2D eigenvalue weighted by atomic mass is 32.2. The second-order valence-corrected chi connectivity index (χ2v) is 4.04. The van der Waals surface area contributed by atoms with E-state index in [-0.39, 0.29) is 4.90 Å². The maximum absolute atomic E-state index is 10.3. The molecule has 0 unspecified atom stereocenters. The van der Waals surface area contributed by atoms with Gasteiger partial charge in [-0.05, 0) is 18.2 Å². The number of nitrogens with two attached hydrogens (primary N) is 1. The van der Waals surface area contributed by atoms with Gasteiger partial charge in [-0.3, -0.25) is 0 Å². The zero-order valence-electron chi connectivity index (χ0n) is 8.61. The van der Waals surface area contributed by atoms with E-state index in [1.807, 2.05) is 36.4 Å². The summed E-state index contributed by atoms with van der Waals surface area (Å²) < 4.78 is 20.7. The zero-order chi connectivity index (χ0) is 11.8. The van der Waals surface area contributed by atoms with Gasteiger partial charge in [0.1, 0.15) is 0 Å². The first kappa shape index (κ1) is 12.3. The van der Waals surface area contributed by atoms with Crippen LogP contribution in [0.1, 0.15) is 0 Å². The van der Waals surface area contributed by atoms with Crippen molar-refractivity contribution in [3.8, 4) is 0 Å². The highest BCUT2D eigenvalue weighted by molar-refractivity contribution is 7.72. The van der Waals surface area contributed by atoms with Crippen LogP contribution in [0, 0.1) is 0 Å². The Morgan fingerprint density at radius 3 is 1.62 bits per heavy atom. The Bertz CT molecular complexity index is 461. The van der Waals surface area contributed by atoms with Crippen LogP contribution in [0.15, 0.2) is 65.6 Å². The first-order valence-electron chi connectivity index (χ1n) is 4.70. The van der Waals surface area contributed by atoms with Gasteiger partial charge in [0.05, 0.1) is 4.90 Å². The molecule has 2 rings (SSSR count). The van der Waals surface area contributed by atoms with Gasteiger partial charge in [0, 0.05) is 5.69 Å². The van der Waals surface area contributed by atoms with E-state index < -0.39 is 10.7 Å². The van der Waals surface area contributed by atoms with E-state index in [1.54, 1.807) is 12.1 Å². The van der Waals surface area contributed by atoms with Crippen LogP contribution >= 0.6 is 0 Å². The molecule has 0 saturated carbocycles. The molecule has 2 aromatic carbocycles. The van der Waals surface area contributed by atoms with Crippen molar-refractivity contribution in [3.05, 3.63) is 60.7 Å². The average molecular weight is 235 g/mol. The number of rotatable bonds is 1. The second-order valence-electron chi connectivity index (χ2n) is 3.01. The highest BCUT2D eigenvalue weighted by Crippen LogP contribution is 2.06. The normalized spacial score (nSPS) is 9.31. The van der Waals surface area contributed by atoms with Crippen molar-refractivity contribution in [3.63, 3.8) is 0 Å². The third-order valence-corrected chi connectivity index (χ3v) is 2.45. The molecule has 2 aromatic rings. The Kier molecular flexibility index (Phi) is 5.08. The van der Waals surface area contributed by atoms with E-state index in [9.17, 15) is 8.42 Å². The Morgan fingerprint density at radius 2 is 1.31 bits per heavy atom. The molecular weight excluding hydrogens is 222 g/mol. The molecule has 0 bridgehead atoms. The molecule has 3 nitrogen and oxygen atoms in total. The molecule has 0 radical (unpaired) electrons. The molecule has 16 heavy (non-hydrogen) atoms. The van der Waals surface area contributed by atoms with Gasteiger partial charge in [0.2, 0.25) is 0 Å². The predicted octanol–water partition coefficient (Wildman–Crippen LogP) is 1.93. The second kappa shape index (κ2) is 6.63. The summed E-state index contributed by atoms with van der Waals surface area (Å²) in [6.45, 7) is 0. The van der Waals surface area contributed by atoms with E-state index in [0.717, 1.165) is 0 Å². The molecule has 4 heteroatoms. The number of nitrogen functional groups attached to an aromatic ring is 1. The van der Waals surface area contributed by atoms with Crippen molar-refractivity contribution in [2.24, 2.45) is 0 Å². The lowest BCUT2D eigenvalue weighted by atomic mass is 10.3. The van der Waals surface area contributed by atoms with Gasteiger partial charge in [0.25, 0.3) is 0 Å². The minimum Gasteiger partial charge on any atom is -0.399 e. The summed E-state index contributed by atoms with van der Waals surface area (Å²) in [7, 11) is -2.49. The molecule has 0 atom stereocenters. The number of hydrogen-bond acceptors (Lipinski definition) is 3. The molecule has 0 amide bonds. The van der Waals surface area contributed by atoms with Gasteiger partial charge in [-0.25, -0.2) is 8.42 Å². The number of anilines is 1. The van der Waals surface area contributed by atoms with E-state index in [0.29, 0.717) is 5.69 Å². The van der Waals surface area contributed by atoms with Crippen molar-refractivity contribution in [2.75, 3.05) is 5.73 Å². The molecule has 0 saturated heterocycles. The summed E-state index contributed by atoms with van der Waals surface area (Å²) in [5.74, 6) is 0. The van der Waals surface area contributed by atoms with Crippen LogP contribution in [0.3, 0.4) is 0 Å². The van der Waals surface area contributed by atoms with Crippen molar-refractivity contribution in [2.45, 2.75) is 4.90 Å². The van der Waals surface area contributed by atoms with E-state index in [4.69, 9.17) is 5.73 Å². The number of benzene rings is 2. The Balaban J connectivity index is 0.000000181. The fraction of sp³-hybridized carbons (Fsp3) is 0. The highest BCUT2D eigenvalue weighted by Gasteiger charge is 1.92. The van der Waals surface area contributed by atoms with E-state index >= 15 is 0 Å². The topological polar surface area (TPSA) is 60.2 Å². The van der Waals surface area contributed by atoms with Crippen molar-refractivity contribution in [1.29, 1.82) is 0 Å². The largest absolute Gasteiger partial charge is 0.399 e. The fourth-order valence-electron chi connectivity index (χ4n) is 1.02. The van der Waals surface area contributed by atoms with E-state index in [2.05, 4.69) is 0 Å². The number of hydrogen-bond donors (Lipinski definition) is 2. The smallest absolute Gasteiger partial charge is 0.168 e. The fourth-order valence-corrected chi connectivity index (χ4v) is 1.49. The Labute approximate surface area is 96.5 Å². The molecule has 84 valence electrons. The van der Waals surface area contributed by atoms with Crippen molar-refractivity contribution in [1.82, 2.24) is 0 Å². The maximum Gasteiger partial charge on any atom is 0.168 e. The lowest BCUT2D eigenvalue weighted by Crippen LogP contribution is -1.85. The summed E-state index contributed by atoms with van der Waals surface area (Å²) in [6, 6.07) is 18.2. The molecule has 0 fully saturated rings. The van der Waals surface area contributed by atoms with E-state index in [1.165, 1.54) is 12.1 Å². The Hall–Kier alpha value is -1.81. The summed E-state index contributed by atoms with van der Waals surface area (Å²) >= 11 is 0. The molecule has 0 heterocycles. The van der Waals surface area contributed by atoms with Crippen molar-refractivity contribution < 1.29 is 8.42 Å². The van der Waals surface area contributed by atoms with Crippen LogP contribution < -0.4 is 5.73 Å². The van der Waals surface area contributed by atoms with Gasteiger partial charge >= 0.3 is 0 Å². The zero-order valence-corrected chi connectivity index (χ0v) is 9.51. The van der Waals surface area contributed by atoms with Gasteiger partial charge in [0.15, 0.2) is 10.7 Å². The van der Waals surface area contributed by atoms with Crippen LogP contribution in [-0.2, 0) is 10.7 Å². The average Bonchev–Trinajstić information content (AvgIpc) is 2.32. The minimum absolute atomic E-state index is 0.259. The third kappa shape index (κ3) is 4.61. The first-order valence-corrected chi connectivity index (χ1v) is 5.88. The molecule has 2 N–H and O–H groups in total. The number of thiol groups is 1. The van der Waals surface area contributed by atoms with Crippen LogP contribution in [0.2, 0.25) is 0 Å². The van der Waals surface area contributed by atoms with Crippen LogP contribution in [0.4, 0.5) is 5.69 Å². The summed E-state index contributed by atoms with van der Waals surface area (Å²) in [5.41, 5.74) is 5.80. The van der Waals surface area contributed by atoms with Crippen LogP contribution in [-0.4, -0.2) is 8.42 Å². The predicted molar refractivity (Wildman–Crippen MR) is 65.9 cm³/mol. The minimum atomic E-state index is -2.49. The SMILES string of the molecule is Nc1cccc([SH](=O)=O)c1.c1ccccc1. The quantitative estimate of drug-likeness (QED) is 0.586. The van der Waals surface area contributed by atoms with Crippen LogP contribution in [0.5, 0.6) is 0 Å². The monoisotopic (exact) mass is 235 g/mol. The van der Waals surface area contributed by atoms with Crippen LogP contribution in [0.25, 0.3) is 0 Å². The van der Waals surface area contributed by atoms with Gasteiger partial charge in [-0.15, -0.1) is 0 Å². The lowest BCUT2D eigenvalue weighted by molar-refractivity contribution is 0.614. The van der Waals surface area contributed by atoms with Gasteiger partial charge in [-0.2, -0.15) is 0 Å². The molecule has 0 aliphatic heterocycles. The summed E-state index contributed by atoms with van der Waals surface area (Å²) in [5, 5.41) is 0. The summed E-state index contributed by atoms with van der Waals surface area (Å²) in [4.78, 5) is 0.259.